The lowest BCUT2D eigenvalue weighted by molar-refractivity contribution is 0.362. The first kappa shape index (κ1) is 11.8. The van der Waals surface area contributed by atoms with Gasteiger partial charge in [0, 0.05) is 5.39 Å². The Bertz CT molecular complexity index is 733. The van der Waals surface area contributed by atoms with E-state index in [-0.39, 0.29) is 6.04 Å². The molecule has 0 aliphatic heterocycles. The maximum Gasteiger partial charge on any atom is 0.243 e. The van der Waals surface area contributed by atoms with Crippen LogP contribution in [0.15, 0.2) is 34.9 Å². The van der Waals surface area contributed by atoms with Crippen molar-refractivity contribution < 1.29 is 4.52 Å². The minimum atomic E-state index is -0.275. The first-order chi connectivity index (χ1) is 9.15. The number of aryl methyl sites for hydroxylation is 1. The average molecular weight is 254 g/mol. The number of hydrogen-bond donors (Lipinski definition) is 1. The van der Waals surface area contributed by atoms with Gasteiger partial charge in [0.15, 0.2) is 0 Å². The van der Waals surface area contributed by atoms with Gasteiger partial charge in [0.25, 0.3) is 0 Å². The van der Waals surface area contributed by atoms with Gasteiger partial charge in [0.2, 0.25) is 11.7 Å². The molecule has 0 bridgehead atoms. The number of aromatic nitrogens is 3. The summed E-state index contributed by atoms with van der Waals surface area (Å²) in [6.45, 7) is 3.84. The first-order valence-corrected chi connectivity index (χ1v) is 6.11. The fourth-order valence-electron chi connectivity index (χ4n) is 1.99. The summed E-state index contributed by atoms with van der Waals surface area (Å²) >= 11 is 0. The minimum Gasteiger partial charge on any atom is -0.337 e. The van der Waals surface area contributed by atoms with Gasteiger partial charge in [-0.05, 0) is 31.5 Å². The van der Waals surface area contributed by atoms with Crippen molar-refractivity contribution in [2.45, 2.75) is 19.9 Å². The Kier molecular flexibility index (Phi) is 2.76. The zero-order valence-corrected chi connectivity index (χ0v) is 10.8. The molecule has 5 heteroatoms. The summed E-state index contributed by atoms with van der Waals surface area (Å²) in [6.07, 6.45) is 0. The first-order valence-electron chi connectivity index (χ1n) is 6.11. The topological polar surface area (TPSA) is 77.8 Å². The summed E-state index contributed by atoms with van der Waals surface area (Å²) in [4.78, 5) is 8.82. The van der Waals surface area contributed by atoms with E-state index in [1.54, 1.807) is 6.92 Å². The molecule has 5 nitrogen and oxygen atoms in total. The van der Waals surface area contributed by atoms with Crippen LogP contribution >= 0.6 is 0 Å². The number of rotatable bonds is 2. The molecule has 1 aromatic carbocycles. The molecular weight excluding hydrogens is 240 g/mol. The van der Waals surface area contributed by atoms with Gasteiger partial charge in [-0.2, -0.15) is 4.98 Å². The molecule has 0 saturated carbocycles. The Morgan fingerprint density at radius 1 is 1.21 bits per heavy atom. The van der Waals surface area contributed by atoms with E-state index in [0.29, 0.717) is 17.4 Å². The van der Waals surface area contributed by atoms with E-state index in [0.717, 1.165) is 16.5 Å². The molecule has 19 heavy (non-hydrogen) atoms. The zero-order chi connectivity index (χ0) is 13.4. The predicted molar refractivity (Wildman–Crippen MR) is 72.4 cm³/mol. The summed E-state index contributed by atoms with van der Waals surface area (Å²) in [6, 6.07) is 9.66. The third-order valence-corrected chi connectivity index (χ3v) is 2.98. The lowest BCUT2D eigenvalue weighted by atomic mass is 10.1. The molecule has 96 valence electrons. The van der Waals surface area contributed by atoms with Crippen molar-refractivity contribution in [1.29, 1.82) is 0 Å². The van der Waals surface area contributed by atoms with E-state index < -0.39 is 0 Å². The molecule has 0 spiro atoms. The van der Waals surface area contributed by atoms with Crippen LogP contribution in [0.3, 0.4) is 0 Å². The van der Waals surface area contributed by atoms with E-state index in [1.807, 2.05) is 37.3 Å². The molecule has 0 aliphatic carbocycles. The second-order valence-corrected chi connectivity index (χ2v) is 4.59. The molecule has 0 amide bonds. The average Bonchev–Trinajstić information content (AvgIpc) is 2.88. The monoisotopic (exact) mass is 254 g/mol. The SMILES string of the molecule is Cc1cc(-c2noc(C(C)N)n2)nc2ccccc12. The van der Waals surface area contributed by atoms with Crippen molar-refractivity contribution in [2.24, 2.45) is 5.73 Å². The number of nitrogens with zero attached hydrogens (tertiary/aromatic N) is 3. The summed E-state index contributed by atoms with van der Waals surface area (Å²) in [7, 11) is 0. The third kappa shape index (κ3) is 2.08. The van der Waals surface area contributed by atoms with Crippen molar-refractivity contribution in [3.05, 3.63) is 41.8 Å². The van der Waals surface area contributed by atoms with Crippen LogP contribution < -0.4 is 5.73 Å². The van der Waals surface area contributed by atoms with Gasteiger partial charge in [-0.1, -0.05) is 23.4 Å². The minimum absolute atomic E-state index is 0.275. The highest BCUT2D eigenvalue weighted by molar-refractivity contribution is 5.84. The lowest BCUT2D eigenvalue weighted by Gasteiger charge is -2.03. The second kappa shape index (κ2) is 4.44. The Morgan fingerprint density at radius 2 is 2.00 bits per heavy atom. The molecule has 0 fully saturated rings. The molecular formula is C14H14N4O. The number of nitrogens with two attached hydrogens (primary N) is 1. The van der Waals surface area contributed by atoms with Crippen LogP contribution in [0, 0.1) is 6.92 Å². The van der Waals surface area contributed by atoms with Crippen molar-refractivity contribution in [3.63, 3.8) is 0 Å². The molecule has 0 saturated heterocycles. The predicted octanol–water partition coefficient (Wildman–Crippen LogP) is 2.61. The van der Waals surface area contributed by atoms with Crippen LogP contribution in [0.25, 0.3) is 22.4 Å². The van der Waals surface area contributed by atoms with Crippen LogP contribution in [0.4, 0.5) is 0 Å². The maximum absolute atomic E-state index is 5.71. The fourth-order valence-corrected chi connectivity index (χ4v) is 1.99. The smallest absolute Gasteiger partial charge is 0.243 e. The molecule has 3 rings (SSSR count). The molecule has 1 atom stereocenters. The number of hydrogen-bond acceptors (Lipinski definition) is 5. The van der Waals surface area contributed by atoms with Gasteiger partial charge in [0.05, 0.1) is 11.6 Å². The molecule has 0 aliphatic rings. The highest BCUT2D eigenvalue weighted by Gasteiger charge is 2.13. The van der Waals surface area contributed by atoms with E-state index >= 15 is 0 Å². The summed E-state index contributed by atoms with van der Waals surface area (Å²) in [5.41, 5.74) is 8.46. The quantitative estimate of drug-likeness (QED) is 0.760. The molecule has 2 heterocycles. The van der Waals surface area contributed by atoms with E-state index in [4.69, 9.17) is 10.3 Å². The Morgan fingerprint density at radius 3 is 2.74 bits per heavy atom. The number of benzene rings is 1. The van der Waals surface area contributed by atoms with Crippen molar-refractivity contribution >= 4 is 10.9 Å². The third-order valence-electron chi connectivity index (χ3n) is 2.98. The van der Waals surface area contributed by atoms with Crippen LogP contribution in [-0.4, -0.2) is 15.1 Å². The summed E-state index contributed by atoms with van der Waals surface area (Å²) < 4.78 is 5.11. The number of para-hydroxylation sites is 1. The van der Waals surface area contributed by atoms with Gasteiger partial charge < -0.3 is 10.3 Å². The number of fused-ring (bicyclic) bond motifs is 1. The van der Waals surface area contributed by atoms with E-state index in [1.165, 1.54) is 0 Å². The lowest BCUT2D eigenvalue weighted by Crippen LogP contribution is -2.04. The summed E-state index contributed by atoms with van der Waals surface area (Å²) in [5.74, 6) is 0.892. The van der Waals surface area contributed by atoms with Gasteiger partial charge in [-0.15, -0.1) is 0 Å². The van der Waals surface area contributed by atoms with Crippen LogP contribution in [-0.2, 0) is 0 Å². The molecule has 3 aromatic rings. The molecule has 2 N–H and O–H groups in total. The Hall–Kier alpha value is -2.27. The fraction of sp³-hybridized carbons (Fsp3) is 0.214. The normalized spacial score (nSPS) is 12.8. The van der Waals surface area contributed by atoms with Gasteiger partial charge in [0.1, 0.15) is 5.69 Å². The Balaban J connectivity index is 2.14. The maximum atomic E-state index is 5.71. The van der Waals surface area contributed by atoms with Crippen molar-refractivity contribution in [3.8, 4) is 11.5 Å². The highest BCUT2D eigenvalue weighted by Crippen LogP contribution is 2.23. The highest BCUT2D eigenvalue weighted by atomic mass is 16.5. The second-order valence-electron chi connectivity index (χ2n) is 4.59. The molecule has 1 unspecified atom stereocenters. The molecule has 0 radical (unpaired) electrons. The van der Waals surface area contributed by atoms with Crippen molar-refractivity contribution in [2.75, 3.05) is 0 Å². The number of pyridine rings is 1. The van der Waals surface area contributed by atoms with E-state index in [9.17, 15) is 0 Å². The standard InChI is InChI=1S/C14H14N4O/c1-8-7-12(13-17-14(9(2)15)19-18-13)16-11-6-4-3-5-10(8)11/h3-7,9H,15H2,1-2H3. The van der Waals surface area contributed by atoms with E-state index in [2.05, 4.69) is 15.1 Å². The van der Waals surface area contributed by atoms with Crippen molar-refractivity contribution in [1.82, 2.24) is 15.1 Å². The molecule has 2 aromatic heterocycles. The van der Waals surface area contributed by atoms with Gasteiger partial charge >= 0.3 is 0 Å². The zero-order valence-electron chi connectivity index (χ0n) is 10.8. The largest absolute Gasteiger partial charge is 0.337 e. The van der Waals surface area contributed by atoms with Gasteiger partial charge in [-0.25, -0.2) is 4.98 Å². The van der Waals surface area contributed by atoms with Crippen LogP contribution in [0.5, 0.6) is 0 Å². The van der Waals surface area contributed by atoms with Crippen LogP contribution in [0.2, 0.25) is 0 Å². The summed E-state index contributed by atoms with van der Waals surface area (Å²) in [5, 5.41) is 5.05. The van der Waals surface area contributed by atoms with Gasteiger partial charge in [-0.3, -0.25) is 0 Å². The Labute approximate surface area is 110 Å². The van der Waals surface area contributed by atoms with Crippen LogP contribution in [0.1, 0.15) is 24.4 Å².